The minimum atomic E-state index is -0.914. The predicted molar refractivity (Wildman–Crippen MR) is 133 cm³/mol. The summed E-state index contributed by atoms with van der Waals surface area (Å²) in [5.41, 5.74) is 2.10. The first kappa shape index (κ1) is 23.6. The maximum Gasteiger partial charge on any atom is 0.0812 e. The number of rotatable bonds is 1. The first-order valence-corrected chi connectivity index (χ1v) is 13.1. The van der Waals surface area contributed by atoms with Crippen LogP contribution in [0.3, 0.4) is 0 Å². The zero-order valence-corrected chi connectivity index (χ0v) is 21.9. The van der Waals surface area contributed by atoms with Crippen LogP contribution in [0.1, 0.15) is 79.7 Å². The Morgan fingerprint density at radius 1 is 1.00 bits per heavy atom. The molecule has 10 atom stereocenters. The Bertz CT molecular complexity index is 966. The summed E-state index contributed by atoms with van der Waals surface area (Å²) in [6.07, 6.45) is 1.45. The summed E-state index contributed by atoms with van der Waals surface area (Å²) < 4.78 is 6.17. The Hall–Kier alpha value is -1.16. The SMILES string of the molecule is CC1=C2[C@@H](C)[C@H](O)[C@@]3(C)C(C(c4ccccc4)[C@](O)(C[C@@H]1C)C2(C)C)[C@]1(C)CO[C@@H]1C[C@@H]3C. The normalized spacial score (nSPS) is 51.0. The van der Waals surface area contributed by atoms with E-state index in [2.05, 4.69) is 85.7 Å². The molecule has 3 nitrogen and oxygen atoms in total. The van der Waals surface area contributed by atoms with Crippen LogP contribution in [-0.4, -0.2) is 34.6 Å². The van der Waals surface area contributed by atoms with Crippen molar-refractivity contribution in [2.24, 2.45) is 39.9 Å². The van der Waals surface area contributed by atoms with Gasteiger partial charge in [0.15, 0.2) is 0 Å². The number of hydrogen-bond donors (Lipinski definition) is 2. The van der Waals surface area contributed by atoms with E-state index in [9.17, 15) is 10.2 Å². The average Bonchev–Trinajstić information content (AvgIpc) is 2.76. The molecule has 3 fully saturated rings. The van der Waals surface area contributed by atoms with Crippen molar-refractivity contribution in [2.45, 2.75) is 92.0 Å². The van der Waals surface area contributed by atoms with Crippen LogP contribution in [0.2, 0.25) is 0 Å². The van der Waals surface area contributed by atoms with Crippen LogP contribution in [0.5, 0.6) is 0 Å². The number of ether oxygens (including phenoxy) is 1. The van der Waals surface area contributed by atoms with Gasteiger partial charge in [-0.25, -0.2) is 0 Å². The third-order valence-corrected chi connectivity index (χ3v) is 11.5. The Morgan fingerprint density at radius 2 is 1.64 bits per heavy atom. The molecule has 2 N–H and O–H groups in total. The van der Waals surface area contributed by atoms with Crippen molar-refractivity contribution in [1.82, 2.24) is 0 Å². The fraction of sp³-hybridized carbons (Fsp3) is 0.733. The lowest BCUT2D eigenvalue weighted by molar-refractivity contribution is -0.306. The molecule has 0 amide bonds. The third kappa shape index (κ3) is 2.74. The van der Waals surface area contributed by atoms with Crippen molar-refractivity contribution in [3.05, 3.63) is 47.0 Å². The van der Waals surface area contributed by atoms with Gasteiger partial charge in [0.25, 0.3) is 0 Å². The second kappa shape index (κ2) is 7.18. The Labute approximate surface area is 200 Å². The van der Waals surface area contributed by atoms with Gasteiger partial charge in [-0.1, -0.05) is 89.9 Å². The molecule has 5 rings (SSSR count). The minimum Gasteiger partial charge on any atom is -0.392 e. The maximum absolute atomic E-state index is 13.1. The summed E-state index contributed by atoms with van der Waals surface area (Å²) in [4.78, 5) is 0. The molecule has 1 aromatic rings. The summed E-state index contributed by atoms with van der Waals surface area (Å²) in [5.74, 6) is 0.621. The molecule has 33 heavy (non-hydrogen) atoms. The maximum atomic E-state index is 13.1. The third-order valence-electron chi connectivity index (χ3n) is 11.5. The largest absolute Gasteiger partial charge is 0.392 e. The molecular formula is C30H44O3. The minimum absolute atomic E-state index is 0.00194. The van der Waals surface area contributed by atoms with Crippen molar-refractivity contribution in [2.75, 3.05) is 6.61 Å². The highest BCUT2D eigenvalue weighted by molar-refractivity contribution is 5.41. The number of fused-ring (bicyclic) bond motifs is 5. The topological polar surface area (TPSA) is 49.7 Å². The van der Waals surface area contributed by atoms with Crippen molar-refractivity contribution in [3.63, 3.8) is 0 Å². The quantitative estimate of drug-likeness (QED) is 0.517. The summed E-state index contributed by atoms with van der Waals surface area (Å²) in [6, 6.07) is 10.7. The lowest BCUT2D eigenvalue weighted by Gasteiger charge is -2.71. The van der Waals surface area contributed by atoms with E-state index in [0.29, 0.717) is 12.5 Å². The number of aliphatic hydroxyl groups is 2. The monoisotopic (exact) mass is 452 g/mol. The first-order valence-electron chi connectivity index (χ1n) is 13.1. The Morgan fingerprint density at radius 3 is 2.21 bits per heavy atom. The molecule has 0 spiro atoms. The van der Waals surface area contributed by atoms with E-state index < -0.39 is 17.1 Å². The molecule has 3 aliphatic carbocycles. The van der Waals surface area contributed by atoms with Crippen LogP contribution in [-0.2, 0) is 4.74 Å². The van der Waals surface area contributed by atoms with E-state index in [1.807, 2.05) is 0 Å². The van der Waals surface area contributed by atoms with Gasteiger partial charge in [-0.2, -0.15) is 0 Å². The van der Waals surface area contributed by atoms with Gasteiger partial charge in [0.05, 0.1) is 24.4 Å². The molecule has 1 aliphatic heterocycles. The van der Waals surface area contributed by atoms with Crippen molar-refractivity contribution in [3.8, 4) is 0 Å². The van der Waals surface area contributed by atoms with Gasteiger partial charge in [0.2, 0.25) is 0 Å². The van der Waals surface area contributed by atoms with Gasteiger partial charge in [-0.05, 0) is 43.1 Å². The smallest absolute Gasteiger partial charge is 0.0812 e. The Kier molecular flexibility index (Phi) is 5.13. The first-order chi connectivity index (χ1) is 15.3. The second-order valence-corrected chi connectivity index (χ2v) is 13.2. The highest BCUT2D eigenvalue weighted by Gasteiger charge is 2.72. The molecule has 1 saturated heterocycles. The van der Waals surface area contributed by atoms with Crippen LogP contribution < -0.4 is 0 Å². The summed E-state index contributed by atoms with van der Waals surface area (Å²) in [7, 11) is 0. The number of aliphatic hydroxyl groups excluding tert-OH is 1. The van der Waals surface area contributed by atoms with Crippen LogP contribution in [0.15, 0.2) is 41.5 Å². The van der Waals surface area contributed by atoms with Gasteiger partial charge < -0.3 is 14.9 Å². The summed E-state index contributed by atoms with van der Waals surface area (Å²) in [6.45, 7) is 18.9. The van der Waals surface area contributed by atoms with E-state index in [1.165, 1.54) is 16.7 Å². The predicted octanol–water partition coefficient (Wildman–Crippen LogP) is 5.96. The zero-order chi connectivity index (χ0) is 24.1. The molecular weight excluding hydrogens is 408 g/mol. The molecule has 2 bridgehead atoms. The van der Waals surface area contributed by atoms with Gasteiger partial charge in [-0.15, -0.1) is 0 Å². The van der Waals surface area contributed by atoms with Gasteiger partial charge in [0, 0.05) is 28.1 Å². The molecule has 0 aromatic heterocycles. The highest BCUT2D eigenvalue weighted by atomic mass is 16.5. The van der Waals surface area contributed by atoms with Gasteiger partial charge in [-0.3, -0.25) is 0 Å². The Balaban J connectivity index is 1.87. The number of hydrogen-bond acceptors (Lipinski definition) is 3. The van der Waals surface area contributed by atoms with E-state index in [0.717, 1.165) is 12.8 Å². The van der Waals surface area contributed by atoms with Crippen LogP contribution in [0, 0.1) is 39.9 Å². The van der Waals surface area contributed by atoms with Crippen molar-refractivity contribution < 1.29 is 14.9 Å². The van der Waals surface area contributed by atoms with E-state index in [-0.39, 0.29) is 40.6 Å². The lowest BCUT2D eigenvalue weighted by atomic mass is 9.37. The van der Waals surface area contributed by atoms with Gasteiger partial charge >= 0.3 is 0 Å². The van der Waals surface area contributed by atoms with E-state index in [4.69, 9.17) is 4.74 Å². The van der Waals surface area contributed by atoms with Crippen molar-refractivity contribution >= 4 is 0 Å². The summed E-state index contributed by atoms with van der Waals surface area (Å²) in [5, 5.41) is 25.4. The van der Waals surface area contributed by atoms with Gasteiger partial charge in [0.1, 0.15) is 0 Å². The van der Waals surface area contributed by atoms with Crippen LogP contribution >= 0.6 is 0 Å². The average molecular weight is 453 g/mol. The molecule has 1 heterocycles. The second-order valence-electron chi connectivity index (χ2n) is 13.2. The number of benzene rings is 1. The van der Waals surface area contributed by atoms with E-state index in [1.54, 1.807) is 0 Å². The van der Waals surface area contributed by atoms with Crippen LogP contribution in [0.25, 0.3) is 0 Å². The lowest BCUT2D eigenvalue weighted by Crippen LogP contribution is -2.73. The molecule has 0 radical (unpaired) electrons. The number of allylic oxidation sites excluding steroid dienone is 1. The molecule has 4 aliphatic rings. The van der Waals surface area contributed by atoms with Crippen molar-refractivity contribution in [1.29, 1.82) is 0 Å². The zero-order valence-electron chi connectivity index (χ0n) is 21.9. The fourth-order valence-electron chi connectivity index (χ4n) is 9.31. The highest BCUT2D eigenvalue weighted by Crippen LogP contribution is 2.71. The van der Waals surface area contributed by atoms with E-state index >= 15 is 0 Å². The van der Waals surface area contributed by atoms with Crippen LogP contribution in [0.4, 0.5) is 0 Å². The molecule has 3 heteroatoms. The molecule has 182 valence electrons. The molecule has 2 saturated carbocycles. The standard InChI is InChI=1S/C30H44O3/c1-17-15-30(32)24(21-12-10-9-11-13-21)25-28(7)16-33-22(28)14-18(2)29(25,8)26(31)20(4)23(19(17)3)27(30,5)6/h9-13,17-18,20,22,24-26,31-32H,14-16H2,1-8H3/t17-,18-,20+,22+,24?,25?,26-,28+,29+,30+/m0/s1. The summed E-state index contributed by atoms with van der Waals surface area (Å²) >= 11 is 0. The fourth-order valence-corrected chi connectivity index (χ4v) is 9.31. The molecule has 2 unspecified atom stereocenters. The molecule has 1 aromatic carbocycles.